The standard InChI is InChI=1S/C23H21N3O3S/c1-17-7-9-21(10-8-17)28-15-22-24-19(16-30-22)13-23(27)29-14-18-11-12-26(25-18)20-5-3-2-4-6-20/h2-12,16H,13-15H2,1H3. The number of aromatic nitrogens is 3. The zero-order valence-electron chi connectivity index (χ0n) is 16.5. The molecule has 2 aromatic heterocycles. The Hall–Kier alpha value is -3.45. The number of carbonyl (C=O) groups excluding carboxylic acids is 1. The van der Waals surface area contributed by atoms with Crippen molar-refractivity contribution in [3.05, 3.63) is 94.2 Å². The number of hydrogen-bond acceptors (Lipinski definition) is 6. The third-order valence-electron chi connectivity index (χ3n) is 4.35. The summed E-state index contributed by atoms with van der Waals surface area (Å²) < 4.78 is 12.8. The van der Waals surface area contributed by atoms with Crippen LogP contribution in [0.4, 0.5) is 0 Å². The van der Waals surface area contributed by atoms with Crippen molar-refractivity contribution in [1.29, 1.82) is 0 Å². The second kappa shape index (κ2) is 9.37. The van der Waals surface area contributed by atoms with Crippen molar-refractivity contribution >= 4 is 17.3 Å². The van der Waals surface area contributed by atoms with Gasteiger partial charge in [0, 0.05) is 11.6 Å². The van der Waals surface area contributed by atoms with Crippen LogP contribution in [0.1, 0.15) is 22.0 Å². The number of carbonyl (C=O) groups is 1. The minimum Gasteiger partial charge on any atom is -0.486 e. The summed E-state index contributed by atoms with van der Waals surface area (Å²) in [5.74, 6) is 0.465. The molecule has 2 heterocycles. The first-order valence-corrected chi connectivity index (χ1v) is 10.4. The van der Waals surface area contributed by atoms with Gasteiger partial charge in [-0.3, -0.25) is 4.79 Å². The largest absolute Gasteiger partial charge is 0.486 e. The van der Waals surface area contributed by atoms with Crippen molar-refractivity contribution < 1.29 is 14.3 Å². The highest BCUT2D eigenvalue weighted by molar-refractivity contribution is 7.09. The Balaban J connectivity index is 1.24. The lowest BCUT2D eigenvalue weighted by Gasteiger charge is -2.04. The van der Waals surface area contributed by atoms with Gasteiger partial charge in [-0.2, -0.15) is 5.10 Å². The number of benzene rings is 2. The number of thiazole rings is 1. The maximum absolute atomic E-state index is 12.2. The van der Waals surface area contributed by atoms with Crippen molar-refractivity contribution in [3.63, 3.8) is 0 Å². The molecule has 0 unspecified atom stereocenters. The molecule has 0 saturated heterocycles. The van der Waals surface area contributed by atoms with Crippen molar-refractivity contribution in [2.75, 3.05) is 0 Å². The van der Waals surface area contributed by atoms with E-state index in [4.69, 9.17) is 9.47 Å². The van der Waals surface area contributed by atoms with Crippen LogP contribution in [-0.4, -0.2) is 20.7 Å². The van der Waals surface area contributed by atoms with Gasteiger partial charge in [-0.25, -0.2) is 9.67 Å². The molecule has 0 saturated carbocycles. The molecule has 4 rings (SSSR count). The maximum Gasteiger partial charge on any atom is 0.312 e. The molecule has 0 bridgehead atoms. The smallest absolute Gasteiger partial charge is 0.312 e. The normalized spacial score (nSPS) is 10.7. The van der Waals surface area contributed by atoms with Gasteiger partial charge < -0.3 is 9.47 Å². The number of aryl methyl sites for hydroxylation is 1. The Morgan fingerprint density at radius 1 is 1.00 bits per heavy atom. The van der Waals surface area contributed by atoms with Crippen LogP contribution >= 0.6 is 11.3 Å². The van der Waals surface area contributed by atoms with E-state index in [0.717, 1.165) is 16.4 Å². The predicted molar refractivity (Wildman–Crippen MR) is 115 cm³/mol. The summed E-state index contributed by atoms with van der Waals surface area (Å²) in [4.78, 5) is 16.6. The highest BCUT2D eigenvalue weighted by Gasteiger charge is 2.11. The maximum atomic E-state index is 12.2. The van der Waals surface area contributed by atoms with Crippen molar-refractivity contribution in [1.82, 2.24) is 14.8 Å². The van der Waals surface area contributed by atoms with Crippen LogP contribution in [0, 0.1) is 6.92 Å². The van der Waals surface area contributed by atoms with Crippen LogP contribution in [0.5, 0.6) is 5.75 Å². The van der Waals surface area contributed by atoms with Crippen LogP contribution in [0.3, 0.4) is 0 Å². The van der Waals surface area contributed by atoms with Gasteiger partial charge in [0.25, 0.3) is 0 Å². The van der Waals surface area contributed by atoms with E-state index in [1.165, 1.54) is 16.9 Å². The van der Waals surface area contributed by atoms with Gasteiger partial charge in [0.05, 0.1) is 17.8 Å². The Kier molecular flexibility index (Phi) is 6.20. The van der Waals surface area contributed by atoms with Crippen molar-refractivity contribution in [3.8, 4) is 11.4 Å². The number of nitrogens with zero attached hydrogens (tertiary/aromatic N) is 3. The average Bonchev–Trinajstić information content (AvgIpc) is 3.42. The fraction of sp³-hybridized carbons (Fsp3) is 0.174. The SMILES string of the molecule is Cc1ccc(OCc2nc(CC(=O)OCc3ccn(-c4ccccc4)n3)cs2)cc1. The fourth-order valence-corrected chi connectivity index (χ4v) is 3.50. The highest BCUT2D eigenvalue weighted by atomic mass is 32.1. The Labute approximate surface area is 178 Å². The van der Waals surface area contributed by atoms with Crippen molar-refractivity contribution in [2.24, 2.45) is 0 Å². The molecule has 0 aliphatic carbocycles. The molecule has 0 amide bonds. The van der Waals surface area contributed by atoms with Gasteiger partial charge in [0.1, 0.15) is 29.7 Å². The molecule has 6 nitrogen and oxygen atoms in total. The lowest BCUT2D eigenvalue weighted by molar-refractivity contribution is -0.144. The molecule has 152 valence electrons. The van der Waals surface area contributed by atoms with E-state index in [2.05, 4.69) is 10.1 Å². The molecular formula is C23H21N3O3S. The molecule has 0 fully saturated rings. The van der Waals surface area contributed by atoms with Gasteiger partial charge in [-0.05, 0) is 37.3 Å². The molecular weight excluding hydrogens is 398 g/mol. The van der Waals surface area contributed by atoms with Crippen LogP contribution in [-0.2, 0) is 29.2 Å². The quantitative estimate of drug-likeness (QED) is 0.393. The van der Waals surface area contributed by atoms with E-state index in [9.17, 15) is 4.79 Å². The summed E-state index contributed by atoms with van der Waals surface area (Å²) in [5.41, 5.74) is 3.52. The minimum atomic E-state index is -0.333. The summed E-state index contributed by atoms with van der Waals surface area (Å²) in [6.45, 7) is 2.54. The summed E-state index contributed by atoms with van der Waals surface area (Å²) in [6, 6.07) is 19.5. The first-order valence-electron chi connectivity index (χ1n) is 9.54. The average molecular weight is 420 g/mol. The van der Waals surface area contributed by atoms with E-state index >= 15 is 0 Å². The zero-order chi connectivity index (χ0) is 20.8. The molecule has 30 heavy (non-hydrogen) atoms. The van der Waals surface area contributed by atoms with Gasteiger partial charge in [0.2, 0.25) is 0 Å². The molecule has 0 N–H and O–H groups in total. The highest BCUT2D eigenvalue weighted by Crippen LogP contribution is 2.17. The molecule has 2 aromatic carbocycles. The molecule has 0 radical (unpaired) electrons. The van der Waals surface area contributed by atoms with E-state index in [1.54, 1.807) is 4.68 Å². The molecule has 0 aliphatic heterocycles. The van der Waals surface area contributed by atoms with Crippen LogP contribution in [0.25, 0.3) is 5.69 Å². The lowest BCUT2D eigenvalue weighted by atomic mass is 10.2. The molecule has 7 heteroatoms. The molecule has 4 aromatic rings. The number of rotatable bonds is 8. The monoisotopic (exact) mass is 419 g/mol. The Morgan fingerprint density at radius 2 is 1.80 bits per heavy atom. The lowest BCUT2D eigenvalue weighted by Crippen LogP contribution is -2.09. The molecule has 0 atom stereocenters. The van der Waals surface area contributed by atoms with Crippen molar-refractivity contribution in [2.45, 2.75) is 26.6 Å². The Bertz CT molecular complexity index is 1100. The van der Waals surface area contributed by atoms with Crippen LogP contribution in [0.15, 0.2) is 72.2 Å². The number of para-hydroxylation sites is 1. The third kappa shape index (κ3) is 5.33. The fourth-order valence-electron chi connectivity index (χ4n) is 2.79. The van der Waals surface area contributed by atoms with E-state index in [1.807, 2.05) is 79.2 Å². The van der Waals surface area contributed by atoms with E-state index in [-0.39, 0.29) is 19.0 Å². The van der Waals surface area contributed by atoms with Gasteiger partial charge in [-0.1, -0.05) is 35.9 Å². The van der Waals surface area contributed by atoms with Crippen LogP contribution in [0.2, 0.25) is 0 Å². The van der Waals surface area contributed by atoms with Gasteiger partial charge >= 0.3 is 5.97 Å². The number of esters is 1. The first-order chi connectivity index (χ1) is 14.7. The third-order valence-corrected chi connectivity index (χ3v) is 5.23. The second-order valence-corrected chi connectivity index (χ2v) is 7.70. The topological polar surface area (TPSA) is 66.2 Å². The summed E-state index contributed by atoms with van der Waals surface area (Å²) >= 11 is 1.47. The van der Waals surface area contributed by atoms with Gasteiger partial charge in [-0.15, -0.1) is 11.3 Å². The Morgan fingerprint density at radius 3 is 2.60 bits per heavy atom. The van der Waals surface area contributed by atoms with Gasteiger partial charge in [0.15, 0.2) is 0 Å². The second-order valence-electron chi connectivity index (χ2n) is 6.76. The summed E-state index contributed by atoms with van der Waals surface area (Å²) in [6.07, 6.45) is 1.97. The predicted octanol–water partition coefficient (Wildman–Crippen LogP) is 4.50. The number of ether oxygens (including phenoxy) is 2. The number of hydrogen-bond donors (Lipinski definition) is 0. The molecule has 0 spiro atoms. The molecule has 0 aliphatic rings. The van der Waals surface area contributed by atoms with E-state index in [0.29, 0.717) is 18.0 Å². The summed E-state index contributed by atoms with van der Waals surface area (Å²) in [7, 11) is 0. The zero-order valence-corrected chi connectivity index (χ0v) is 17.3. The van der Waals surface area contributed by atoms with E-state index < -0.39 is 0 Å². The minimum absolute atomic E-state index is 0.125. The summed E-state index contributed by atoms with van der Waals surface area (Å²) in [5, 5.41) is 7.11. The first kappa shape index (κ1) is 19.8. The van der Waals surface area contributed by atoms with Crippen LogP contribution < -0.4 is 4.74 Å².